The zero-order valence-electron chi connectivity index (χ0n) is 17.1. The van der Waals surface area contributed by atoms with E-state index in [1.807, 2.05) is 34.9 Å². The molecular weight excluding hydrogens is 428 g/mol. The van der Waals surface area contributed by atoms with Crippen LogP contribution in [0.4, 0.5) is 5.69 Å². The number of carbonyl (C=O) groups is 1. The van der Waals surface area contributed by atoms with Crippen LogP contribution >= 0.6 is 11.8 Å². The second-order valence-corrected chi connectivity index (χ2v) is 7.99. The van der Waals surface area contributed by atoms with Crippen molar-refractivity contribution in [2.75, 3.05) is 24.3 Å². The molecule has 9 heteroatoms. The summed E-state index contributed by atoms with van der Waals surface area (Å²) in [4.78, 5) is 12.5. The number of furan rings is 1. The first kappa shape index (κ1) is 20.2. The van der Waals surface area contributed by atoms with Gasteiger partial charge in [0.25, 0.3) is 0 Å². The Hall–Kier alpha value is -3.72. The van der Waals surface area contributed by atoms with Crippen molar-refractivity contribution in [2.24, 2.45) is 0 Å². The first-order chi connectivity index (χ1) is 15.7. The van der Waals surface area contributed by atoms with Gasteiger partial charge in [0.15, 0.2) is 22.4 Å². The maximum absolute atomic E-state index is 12.5. The van der Waals surface area contributed by atoms with E-state index in [0.717, 1.165) is 11.0 Å². The molecule has 4 aromatic rings. The van der Waals surface area contributed by atoms with Crippen LogP contribution in [0.1, 0.15) is 0 Å². The van der Waals surface area contributed by atoms with Crippen LogP contribution in [0.3, 0.4) is 0 Å². The molecule has 1 aliphatic rings. The summed E-state index contributed by atoms with van der Waals surface area (Å²) in [6, 6.07) is 15.0. The standard InChI is InChI=1S/C23H20N4O4S/c1-2-9-27-22(20-12-15-5-3-4-6-17(15)31-20)25-26-23(27)32-14-21(28)24-16-7-8-18-19(13-16)30-11-10-29-18/h2-8,12-13H,1,9-11,14H2,(H,24,28). The molecule has 2 aromatic carbocycles. The predicted octanol–water partition coefficient (Wildman–Crippen LogP) is 4.38. The van der Waals surface area contributed by atoms with Crippen LogP contribution in [-0.4, -0.2) is 39.6 Å². The summed E-state index contributed by atoms with van der Waals surface area (Å²) >= 11 is 1.30. The van der Waals surface area contributed by atoms with E-state index in [0.29, 0.717) is 53.7 Å². The van der Waals surface area contributed by atoms with Gasteiger partial charge >= 0.3 is 0 Å². The van der Waals surface area contributed by atoms with Crippen molar-refractivity contribution in [3.05, 3.63) is 61.2 Å². The lowest BCUT2D eigenvalue weighted by Crippen LogP contribution is -2.17. The molecule has 0 spiro atoms. The van der Waals surface area contributed by atoms with Gasteiger partial charge in [-0.15, -0.1) is 16.8 Å². The highest BCUT2D eigenvalue weighted by Crippen LogP contribution is 2.33. The molecule has 1 aliphatic heterocycles. The SMILES string of the molecule is C=CCn1c(SCC(=O)Nc2ccc3c(c2)OCCO3)nnc1-c1cc2ccccc2o1. The highest BCUT2D eigenvalue weighted by Gasteiger charge is 2.18. The molecule has 0 saturated heterocycles. The van der Waals surface area contributed by atoms with Crippen molar-refractivity contribution in [1.82, 2.24) is 14.8 Å². The summed E-state index contributed by atoms with van der Waals surface area (Å²) in [5.74, 6) is 2.53. The summed E-state index contributed by atoms with van der Waals surface area (Å²) < 4.78 is 18.9. The van der Waals surface area contributed by atoms with Crippen LogP contribution in [0.15, 0.2) is 70.8 Å². The number of aromatic nitrogens is 3. The molecule has 0 saturated carbocycles. The van der Waals surface area contributed by atoms with E-state index in [4.69, 9.17) is 13.9 Å². The number of thioether (sulfide) groups is 1. The number of nitrogens with one attached hydrogen (secondary N) is 1. The van der Waals surface area contributed by atoms with Crippen LogP contribution in [-0.2, 0) is 11.3 Å². The molecule has 0 aliphatic carbocycles. The molecule has 162 valence electrons. The number of allylic oxidation sites excluding steroid dienone is 1. The summed E-state index contributed by atoms with van der Waals surface area (Å²) in [5.41, 5.74) is 1.43. The number of nitrogens with zero attached hydrogens (tertiary/aromatic N) is 3. The molecule has 0 atom stereocenters. The van der Waals surface area contributed by atoms with E-state index in [9.17, 15) is 4.79 Å². The van der Waals surface area contributed by atoms with E-state index in [2.05, 4.69) is 22.1 Å². The monoisotopic (exact) mass is 448 g/mol. The van der Waals surface area contributed by atoms with Gasteiger partial charge in [-0.25, -0.2) is 0 Å². The number of para-hydroxylation sites is 1. The molecular formula is C23H20N4O4S. The Kier molecular flexibility index (Phi) is 5.55. The fourth-order valence-corrected chi connectivity index (χ4v) is 4.16. The van der Waals surface area contributed by atoms with E-state index in [1.165, 1.54) is 11.8 Å². The van der Waals surface area contributed by atoms with Crippen LogP contribution in [0.25, 0.3) is 22.6 Å². The highest BCUT2D eigenvalue weighted by atomic mass is 32.2. The Labute approximate surface area is 188 Å². The number of benzene rings is 2. The molecule has 3 heterocycles. The topological polar surface area (TPSA) is 91.4 Å². The molecule has 0 radical (unpaired) electrons. The molecule has 0 unspecified atom stereocenters. The third-order valence-corrected chi connectivity index (χ3v) is 5.80. The minimum atomic E-state index is -0.162. The summed E-state index contributed by atoms with van der Waals surface area (Å²) in [6.45, 7) is 5.33. The average molecular weight is 449 g/mol. The minimum Gasteiger partial charge on any atom is -0.486 e. The quantitative estimate of drug-likeness (QED) is 0.331. The number of fused-ring (bicyclic) bond motifs is 2. The third kappa shape index (κ3) is 4.06. The Morgan fingerprint density at radius 2 is 1.97 bits per heavy atom. The number of anilines is 1. The largest absolute Gasteiger partial charge is 0.486 e. The predicted molar refractivity (Wildman–Crippen MR) is 122 cm³/mol. The van der Waals surface area contributed by atoms with E-state index in [-0.39, 0.29) is 11.7 Å². The van der Waals surface area contributed by atoms with Crippen LogP contribution < -0.4 is 14.8 Å². The molecule has 32 heavy (non-hydrogen) atoms. The van der Waals surface area contributed by atoms with Gasteiger partial charge in [0.2, 0.25) is 11.7 Å². The molecule has 8 nitrogen and oxygen atoms in total. The van der Waals surface area contributed by atoms with Gasteiger partial charge in [0, 0.05) is 23.7 Å². The van der Waals surface area contributed by atoms with Crippen molar-refractivity contribution in [1.29, 1.82) is 0 Å². The van der Waals surface area contributed by atoms with Crippen LogP contribution in [0.2, 0.25) is 0 Å². The zero-order chi connectivity index (χ0) is 21.9. The van der Waals surface area contributed by atoms with E-state index < -0.39 is 0 Å². The fraction of sp³-hybridized carbons (Fsp3) is 0.174. The third-order valence-electron chi connectivity index (χ3n) is 4.83. The second-order valence-electron chi connectivity index (χ2n) is 7.05. The van der Waals surface area contributed by atoms with E-state index in [1.54, 1.807) is 24.3 Å². The lowest BCUT2D eigenvalue weighted by atomic mass is 10.2. The Balaban J connectivity index is 1.30. The Bertz CT molecular complexity index is 1260. The van der Waals surface area contributed by atoms with Gasteiger partial charge in [0.05, 0.1) is 5.75 Å². The molecule has 0 bridgehead atoms. The number of amides is 1. The van der Waals surface area contributed by atoms with Gasteiger partial charge in [-0.1, -0.05) is 36.0 Å². The van der Waals surface area contributed by atoms with Gasteiger partial charge in [-0.2, -0.15) is 0 Å². The number of carbonyl (C=O) groups excluding carboxylic acids is 1. The number of ether oxygens (including phenoxy) is 2. The highest BCUT2D eigenvalue weighted by molar-refractivity contribution is 7.99. The first-order valence-corrected chi connectivity index (χ1v) is 11.0. The smallest absolute Gasteiger partial charge is 0.234 e. The van der Waals surface area contributed by atoms with Crippen LogP contribution in [0.5, 0.6) is 11.5 Å². The Morgan fingerprint density at radius 1 is 1.12 bits per heavy atom. The fourth-order valence-electron chi connectivity index (χ4n) is 3.41. The molecule has 1 amide bonds. The van der Waals surface area contributed by atoms with Crippen molar-refractivity contribution >= 4 is 34.3 Å². The summed E-state index contributed by atoms with van der Waals surface area (Å²) in [6.07, 6.45) is 1.76. The normalized spacial score (nSPS) is 12.6. The Morgan fingerprint density at radius 3 is 2.81 bits per heavy atom. The maximum Gasteiger partial charge on any atom is 0.234 e. The lowest BCUT2D eigenvalue weighted by Gasteiger charge is -2.19. The van der Waals surface area contributed by atoms with Gasteiger partial charge < -0.3 is 19.2 Å². The van der Waals surface area contributed by atoms with Crippen molar-refractivity contribution in [2.45, 2.75) is 11.7 Å². The molecule has 0 fully saturated rings. The minimum absolute atomic E-state index is 0.162. The molecule has 5 rings (SSSR count). The van der Waals surface area contributed by atoms with Crippen molar-refractivity contribution < 1.29 is 18.7 Å². The lowest BCUT2D eigenvalue weighted by molar-refractivity contribution is -0.113. The van der Waals surface area contributed by atoms with Gasteiger partial charge in [-0.05, 0) is 24.3 Å². The number of rotatable bonds is 7. The summed E-state index contributed by atoms with van der Waals surface area (Å²) in [5, 5.41) is 13.0. The molecule has 1 N–H and O–H groups in total. The molecule has 2 aromatic heterocycles. The van der Waals surface area contributed by atoms with E-state index >= 15 is 0 Å². The first-order valence-electron chi connectivity index (χ1n) is 10.1. The zero-order valence-corrected chi connectivity index (χ0v) is 17.9. The summed E-state index contributed by atoms with van der Waals surface area (Å²) in [7, 11) is 0. The number of hydrogen-bond donors (Lipinski definition) is 1. The second kappa shape index (κ2) is 8.80. The van der Waals surface area contributed by atoms with Gasteiger partial charge in [-0.3, -0.25) is 9.36 Å². The van der Waals surface area contributed by atoms with Gasteiger partial charge in [0.1, 0.15) is 18.8 Å². The van der Waals surface area contributed by atoms with Crippen molar-refractivity contribution in [3.8, 4) is 23.1 Å². The number of hydrogen-bond acceptors (Lipinski definition) is 7. The average Bonchev–Trinajstić information content (AvgIpc) is 3.41. The maximum atomic E-state index is 12.5. The van der Waals surface area contributed by atoms with Crippen molar-refractivity contribution in [3.63, 3.8) is 0 Å². The van der Waals surface area contributed by atoms with Crippen LogP contribution in [0, 0.1) is 0 Å².